The molecule has 0 radical (unpaired) electrons. The van der Waals surface area contributed by atoms with Crippen LogP contribution in [-0.2, 0) is 9.59 Å². The standard InChI is InChI=1S/C22H36N2O2/c1-7-9-11-13-19(25)23-21-15(3)17(5)22(18(6)16(21)4)24-20(26)14-12-10-8-2/h7-14H2,1-6H3,(H,23,25)(H,24,26). The predicted molar refractivity (Wildman–Crippen MR) is 111 cm³/mol. The second-order valence-electron chi connectivity index (χ2n) is 7.26. The second kappa shape index (κ2) is 11.0. The third-order valence-corrected chi connectivity index (χ3v) is 5.17. The quantitative estimate of drug-likeness (QED) is 0.506. The number of anilines is 2. The summed E-state index contributed by atoms with van der Waals surface area (Å²) in [6, 6.07) is 0. The fraction of sp³-hybridized carbons (Fsp3) is 0.636. The Labute approximate surface area is 159 Å². The van der Waals surface area contributed by atoms with Crippen LogP contribution in [0.15, 0.2) is 0 Å². The van der Waals surface area contributed by atoms with Gasteiger partial charge in [-0.15, -0.1) is 0 Å². The average molecular weight is 361 g/mol. The van der Waals surface area contributed by atoms with Crippen molar-refractivity contribution in [2.75, 3.05) is 10.6 Å². The molecule has 0 aliphatic carbocycles. The molecule has 1 aromatic rings. The first-order valence-electron chi connectivity index (χ1n) is 10.0. The van der Waals surface area contributed by atoms with Crippen LogP contribution in [0.4, 0.5) is 11.4 Å². The van der Waals surface area contributed by atoms with E-state index in [9.17, 15) is 9.59 Å². The zero-order valence-electron chi connectivity index (χ0n) is 17.5. The lowest BCUT2D eigenvalue weighted by Crippen LogP contribution is -2.17. The molecule has 146 valence electrons. The lowest BCUT2D eigenvalue weighted by atomic mass is 9.95. The molecule has 1 rings (SSSR count). The molecule has 0 aromatic heterocycles. The Morgan fingerprint density at radius 3 is 1.19 bits per heavy atom. The Morgan fingerprint density at radius 2 is 0.923 bits per heavy atom. The summed E-state index contributed by atoms with van der Waals surface area (Å²) in [7, 11) is 0. The second-order valence-corrected chi connectivity index (χ2v) is 7.26. The normalized spacial score (nSPS) is 10.7. The third-order valence-electron chi connectivity index (χ3n) is 5.17. The van der Waals surface area contributed by atoms with Crippen LogP contribution >= 0.6 is 0 Å². The Bertz CT molecular complexity index is 552. The van der Waals surface area contributed by atoms with Gasteiger partial charge in [-0.05, 0) is 62.8 Å². The summed E-state index contributed by atoms with van der Waals surface area (Å²) in [5.74, 6) is 0.139. The first-order valence-corrected chi connectivity index (χ1v) is 10.0. The van der Waals surface area contributed by atoms with Crippen LogP contribution in [0.5, 0.6) is 0 Å². The first kappa shape index (κ1) is 22.2. The van der Waals surface area contributed by atoms with E-state index >= 15 is 0 Å². The first-order chi connectivity index (χ1) is 12.3. The maximum absolute atomic E-state index is 12.2. The Morgan fingerprint density at radius 1 is 0.615 bits per heavy atom. The molecule has 4 heteroatoms. The summed E-state index contributed by atoms with van der Waals surface area (Å²) in [4.78, 5) is 24.5. The van der Waals surface area contributed by atoms with Gasteiger partial charge in [0.2, 0.25) is 11.8 Å². The minimum atomic E-state index is 0.0693. The number of amides is 2. The smallest absolute Gasteiger partial charge is 0.224 e. The highest BCUT2D eigenvalue weighted by Gasteiger charge is 2.17. The third kappa shape index (κ3) is 6.15. The van der Waals surface area contributed by atoms with Crippen LogP contribution in [0.25, 0.3) is 0 Å². The van der Waals surface area contributed by atoms with Gasteiger partial charge in [0.15, 0.2) is 0 Å². The molecule has 0 bridgehead atoms. The van der Waals surface area contributed by atoms with Gasteiger partial charge in [0, 0.05) is 24.2 Å². The van der Waals surface area contributed by atoms with Crippen molar-refractivity contribution < 1.29 is 9.59 Å². The molecular formula is C22H36N2O2. The molecular weight excluding hydrogens is 324 g/mol. The predicted octanol–water partition coefficient (Wildman–Crippen LogP) is 5.96. The Hall–Kier alpha value is -1.84. The van der Waals surface area contributed by atoms with Crippen LogP contribution in [0.2, 0.25) is 0 Å². The van der Waals surface area contributed by atoms with Crippen molar-refractivity contribution in [2.45, 2.75) is 92.9 Å². The van der Waals surface area contributed by atoms with Crippen LogP contribution in [0.1, 0.15) is 87.5 Å². The van der Waals surface area contributed by atoms with Crippen molar-refractivity contribution in [1.82, 2.24) is 0 Å². The van der Waals surface area contributed by atoms with Gasteiger partial charge in [-0.1, -0.05) is 39.5 Å². The van der Waals surface area contributed by atoms with E-state index in [0.717, 1.165) is 72.2 Å². The van der Waals surface area contributed by atoms with Gasteiger partial charge in [0.25, 0.3) is 0 Å². The molecule has 0 fully saturated rings. The summed E-state index contributed by atoms with van der Waals surface area (Å²) >= 11 is 0. The van der Waals surface area contributed by atoms with E-state index < -0.39 is 0 Å². The topological polar surface area (TPSA) is 58.2 Å². The van der Waals surface area contributed by atoms with Gasteiger partial charge < -0.3 is 10.6 Å². The number of unbranched alkanes of at least 4 members (excludes halogenated alkanes) is 4. The number of carbonyl (C=O) groups excluding carboxylic acids is 2. The number of hydrogen-bond donors (Lipinski definition) is 2. The molecule has 1 aromatic carbocycles. The fourth-order valence-electron chi connectivity index (χ4n) is 3.16. The summed E-state index contributed by atoms with van der Waals surface area (Å²) in [5, 5.41) is 6.18. The van der Waals surface area contributed by atoms with Crippen molar-refractivity contribution in [2.24, 2.45) is 0 Å². The molecule has 0 aliphatic rings. The SMILES string of the molecule is CCCCCC(=O)Nc1c(C)c(C)c(NC(=O)CCCCC)c(C)c1C. The van der Waals surface area contributed by atoms with Crippen LogP contribution < -0.4 is 10.6 Å². The molecule has 0 atom stereocenters. The van der Waals surface area contributed by atoms with Crippen molar-refractivity contribution in [3.05, 3.63) is 22.3 Å². The van der Waals surface area contributed by atoms with Crippen molar-refractivity contribution in [3.8, 4) is 0 Å². The van der Waals surface area contributed by atoms with Gasteiger partial charge in [-0.25, -0.2) is 0 Å². The molecule has 0 aliphatic heterocycles. The highest BCUT2D eigenvalue weighted by atomic mass is 16.2. The van der Waals surface area contributed by atoms with Gasteiger partial charge in [-0.2, -0.15) is 0 Å². The van der Waals surface area contributed by atoms with Crippen molar-refractivity contribution in [1.29, 1.82) is 0 Å². The van der Waals surface area contributed by atoms with Gasteiger partial charge in [0.05, 0.1) is 0 Å². The highest BCUT2D eigenvalue weighted by molar-refractivity contribution is 5.96. The van der Waals surface area contributed by atoms with Crippen LogP contribution in [-0.4, -0.2) is 11.8 Å². The lowest BCUT2D eigenvalue weighted by molar-refractivity contribution is -0.117. The molecule has 0 saturated heterocycles. The molecule has 2 amide bonds. The fourth-order valence-corrected chi connectivity index (χ4v) is 3.16. The lowest BCUT2D eigenvalue weighted by Gasteiger charge is -2.21. The molecule has 26 heavy (non-hydrogen) atoms. The van der Waals surface area contributed by atoms with Crippen molar-refractivity contribution >= 4 is 23.2 Å². The monoisotopic (exact) mass is 360 g/mol. The largest absolute Gasteiger partial charge is 0.326 e. The Balaban J connectivity index is 2.94. The van der Waals surface area contributed by atoms with E-state index in [-0.39, 0.29) is 11.8 Å². The molecule has 0 unspecified atom stereocenters. The number of hydrogen-bond acceptors (Lipinski definition) is 2. The molecule has 4 nitrogen and oxygen atoms in total. The molecule has 0 spiro atoms. The number of benzene rings is 1. The van der Waals surface area contributed by atoms with E-state index in [4.69, 9.17) is 0 Å². The van der Waals surface area contributed by atoms with E-state index in [1.54, 1.807) is 0 Å². The number of carbonyl (C=O) groups is 2. The number of nitrogens with one attached hydrogen (secondary N) is 2. The number of rotatable bonds is 10. The van der Waals surface area contributed by atoms with E-state index in [1.807, 2.05) is 27.7 Å². The van der Waals surface area contributed by atoms with Gasteiger partial charge in [0.1, 0.15) is 0 Å². The summed E-state index contributed by atoms with van der Waals surface area (Å²) in [6.45, 7) is 12.3. The minimum Gasteiger partial charge on any atom is -0.326 e. The van der Waals surface area contributed by atoms with Crippen LogP contribution in [0, 0.1) is 27.7 Å². The minimum absolute atomic E-state index is 0.0693. The zero-order chi connectivity index (χ0) is 19.7. The maximum Gasteiger partial charge on any atom is 0.224 e. The summed E-state index contributed by atoms with van der Waals surface area (Å²) in [6.07, 6.45) is 7.32. The molecule has 2 N–H and O–H groups in total. The highest BCUT2D eigenvalue weighted by Crippen LogP contribution is 2.34. The molecule has 0 heterocycles. The molecule has 0 saturated carbocycles. The average Bonchev–Trinajstić information content (AvgIpc) is 2.61. The van der Waals surface area contributed by atoms with Gasteiger partial charge in [-0.3, -0.25) is 9.59 Å². The Kier molecular flexibility index (Phi) is 9.39. The van der Waals surface area contributed by atoms with Gasteiger partial charge >= 0.3 is 0 Å². The van der Waals surface area contributed by atoms with E-state index in [0.29, 0.717) is 12.8 Å². The maximum atomic E-state index is 12.2. The summed E-state index contributed by atoms with van der Waals surface area (Å²) in [5.41, 5.74) is 5.90. The zero-order valence-corrected chi connectivity index (χ0v) is 17.5. The summed E-state index contributed by atoms with van der Waals surface area (Å²) < 4.78 is 0. The van der Waals surface area contributed by atoms with E-state index in [2.05, 4.69) is 24.5 Å². The van der Waals surface area contributed by atoms with Crippen LogP contribution in [0.3, 0.4) is 0 Å². The van der Waals surface area contributed by atoms with Crippen molar-refractivity contribution in [3.63, 3.8) is 0 Å². The van der Waals surface area contributed by atoms with E-state index in [1.165, 1.54) is 0 Å².